The Balaban J connectivity index is 2.13. The van der Waals surface area contributed by atoms with Crippen LogP contribution in [0.1, 0.15) is 4.88 Å². The van der Waals surface area contributed by atoms with Gasteiger partial charge < -0.3 is 5.11 Å². The Bertz CT molecular complexity index is 862. The Kier molecular flexibility index (Phi) is 4.66. The van der Waals surface area contributed by atoms with E-state index in [0.717, 1.165) is 11.1 Å². The van der Waals surface area contributed by atoms with Crippen molar-refractivity contribution in [3.05, 3.63) is 63.5 Å². The molecule has 0 amide bonds. The normalized spacial score (nSPS) is 10.7. The Labute approximate surface area is 147 Å². The number of carboxylic acid groups (broad SMARTS) is 1. The van der Waals surface area contributed by atoms with Gasteiger partial charge in [0.15, 0.2) is 0 Å². The molecule has 0 saturated heterocycles. The van der Waals surface area contributed by atoms with E-state index in [2.05, 4.69) is 4.98 Å². The molecule has 0 unspecified atom stereocenters. The lowest BCUT2D eigenvalue weighted by molar-refractivity contribution is -0.136. The Morgan fingerprint density at radius 2 is 1.87 bits per heavy atom. The molecule has 0 bridgehead atoms. The molecule has 0 radical (unpaired) electrons. The lowest BCUT2D eigenvalue weighted by atomic mass is 10.1. The summed E-state index contributed by atoms with van der Waals surface area (Å²) in [7, 11) is 0. The molecule has 0 saturated carbocycles. The standard InChI is InChI=1S/C17H11Cl2NO2S/c18-11-6-7-12(13(19)8-11)17-20-16(10-4-2-1-3-5-10)14(23-17)9-15(21)22/h1-8H,9H2,(H,21,22). The number of halogens is 2. The predicted octanol–water partition coefficient (Wildman–Crippen LogP) is 5.41. The van der Waals surface area contributed by atoms with Crippen LogP contribution in [0, 0.1) is 0 Å². The molecule has 0 spiro atoms. The smallest absolute Gasteiger partial charge is 0.308 e. The molecule has 0 atom stereocenters. The monoisotopic (exact) mass is 363 g/mol. The van der Waals surface area contributed by atoms with E-state index in [-0.39, 0.29) is 6.42 Å². The van der Waals surface area contributed by atoms with Gasteiger partial charge in [-0.15, -0.1) is 11.3 Å². The largest absolute Gasteiger partial charge is 0.481 e. The van der Waals surface area contributed by atoms with Crippen LogP contribution in [0.4, 0.5) is 0 Å². The molecule has 0 aliphatic carbocycles. The fourth-order valence-corrected chi connectivity index (χ4v) is 3.88. The summed E-state index contributed by atoms with van der Waals surface area (Å²) < 4.78 is 0. The maximum Gasteiger partial charge on any atom is 0.308 e. The molecule has 3 aromatic rings. The molecule has 3 rings (SSSR count). The van der Waals surface area contributed by atoms with Crippen LogP contribution in [0.3, 0.4) is 0 Å². The van der Waals surface area contributed by atoms with Gasteiger partial charge in [0.25, 0.3) is 0 Å². The molecule has 0 aliphatic rings. The van der Waals surface area contributed by atoms with Gasteiger partial charge in [0.1, 0.15) is 5.01 Å². The molecule has 3 nitrogen and oxygen atoms in total. The van der Waals surface area contributed by atoms with Crippen molar-refractivity contribution < 1.29 is 9.90 Å². The first kappa shape index (κ1) is 16.0. The lowest BCUT2D eigenvalue weighted by Gasteiger charge is -2.00. The summed E-state index contributed by atoms with van der Waals surface area (Å²) in [6.45, 7) is 0. The Morgan fingerprint density at radius 1 is 1.13 bits per heavy atom. The van der Waals surface area contributed by atoms with Gasteiger partial charge in [0, 0.05) is 21.0 Å². The number of carbonyl (C=O) groups is 1. The van der Waals surface area contributed by atoms with E-state index in [0.29, 0.717) is 25.6 Å². The summed E-state index contributed by atoms with van der Waals surface area (Å²) in [5.41, 5.74) is 2.31. The first-order valence-corrected chi connectivity index (χ1v) is 8.34. The zero-order valence-corrected chi connectivity index (χ0v) is 14.1. The third-order valence-electron chi connectivity index (χ3n) is 3.22. The van der Waals surface area contributed by atoms with E-state index in [9.17, 15) is 4.79 Å². The molecule has 2 aromatic carbocycles. The maximum absolute atomic E-state index is 11.1. The molecule has 1 aromatic heterocycles. The first-order valence-electron chi connectivity index (χ1n) is 6.77. The topological polar surface area (TPSA) is 50.2 Å². The van der Waals surface area contributed by atoms with E-state index in [1.807, 2.05) is 30.3 Å². The molecule has 0 aliphatic heterocycles. The van der Waals surface area contributed by atoms with E-state index in [1.54, 1.807) is 18.2 Å². The summed E-state index contributed by atoms with van der Waals surface area (Å²) >= 11 is 13.5. The summed E-state index contributed by atoms with van der Waals surface area (Å²) in [6.07, 6.45) is -0.0763. The fourth-order valence-electron chi connectivity index (χ4n) is 2.21. The predicted molar refractivity (Wildman–Crippen MR) is 94.3 cm³/mol. The van der Waals surface area contributed by atoms with E-state index < -0.39 is 5.97 Å². The third kappa shape index (κ3) is 3.55. The van der Waals surface area contributed by atoms with Crippen molar-refractivity contribution in [3.63, 3.8) is 0 Å². The van der Waals surface area contributed by atoms with E-state index in [4.69, 9.17) is 28.3 Å². The Morgan fingerprint density at radius 3 is 2.52 bits per heavy atom. The van der Waals surface area contributed by atoms with Crippen molar-refractivity contribution in [2.24, 2.45) is 0 Å². The van der Waals surface area contributed by atoms with Crippen LogP contribution in [-0.4, -0.2) is 16.1 Å². The number of hydrogen-bond donors (Lipinski definition) is 1. The number of aliphatic carboxylic acids is 1. The number of thiazole rings is 1. The third-order valence-corrected chi connectivity index (χ3v) is 4.85. The lowest BCUT2D eigenvalue weighted by Crippen LogP contribution is -1.99. The highest BCUT2D eigenvalue weighted by atomic mass is 35.5. The van der Waals surface area contributed by atoms with Crippen LogP contribution in [-0.2, 0) is 11.2 Å². The van der Waals surface area contributed by atoms with Gasteiger partial charge in [0.2, 0.25) is 0 Å². The van der Waals surface area contributed by atoms with Crippen molar-refractivity contribution in [2.75, 3.05) is 0 Å². The highest BCUT2D eigenvalue weighted by molar-refractivity contribution is 7.15. The summed E-state index contributed by atoms with van der Waals surface area (Å²) in [5, 5.41) is 10.9. The molecular formula is C17H11Cl2NO2S. The SMILES string of the molecule is O=C(O)Cc1sc(-c2ccc(Cl)cc2Cl)nc1-c1ccccc1. The number of nitrogens with zero attached hydrogens (tertiary/aromatic N) is 1. The van der Waals surface area contributed by atoms with Crippen molar-refractivity contribution in [3.8, 4) is 21.8 Å². The number of hydrogen-bond acceptors (Lipinski definition) is 3. The molecule has 6 heteroatoms. The quantitative estimate of drug-likeness (QED) is 0.673. The highest BCUT2D eigenvalue weighted by Crippen LogP contribution is 2.37. The second-order valence-electron chi connectivity index (χ2n) is 4.85. The molecular weight excluding hydrogens is 353 g/mol. The van der Waals surface area contributed by atoms with Gasteiger partial charge in [0.05, 0.1) is 17.1 Å². The average Bonchev–Trinajstić information content (AvgIpc) is 2.91. The average molecular weight is 364 g/mol. The number of benzene rings is 2. The van der Waals surface area contributed by atoms with Gasteiger partial charge in [-0.1, -0.05) is 53.5 Å². The van der Waals surface area contributed by atoms with Gasteiger partial charge >= 0.3 is 5.97 Å². The highest BCUT2D eigenvalue weighted by Gasteiger charge is 2.18. The second kappa shape index (κ2) is 6.71. The molecule has 116 valence electrons. The number of aromatic nitrogens is 1. The van der Waals surface area contributed by atoms with Crippen molar-refractivity contribution in [2.45, 2.75) is 6.42 Å². The van der Waals surface area contributed by atoms with Crippen molar-refractivity contribution in [1.29, 1.82) is 0 Å². The second-order valence-corrected chi connectivity index (χ2v) is 6.78. The van der Waals surface area contributed by atoms with Crippen LogP contribution in [0.25, 0.3) is 21.8 Å². The fraction of sp³-hybridized carbons (Fsp3) is 0.0588. The minimum Gasteiger partial charge on any atom is -0.481 e. The number of carboxylic acids is 1. The van der Waals surface area contributed by atoms with Crippen LogP contribution >= 0.6 is 34.5 Å². The van der Waals surface area contributed by atoms with Gasteiger partial charge in [-0.2, -0.15) is 0 Å². The summed E-state index contributed by atoms with van der Waals surface area (Å²) in [5.74, 6) is -0.889. The zero-order valence-electron chi connectivity index (χ0n) is 11.8. The van der Waals surface area contributed by atoms with Gasteiger partial charge in [-0.05, 0) is 18.2 Å². The van der Waals surface area contributed by atoms with Gasteiger partial charge in [-0.25, -0.2) is 4.98 Å². The number of rotatable bonds is 4. The van der Waals surface area contributed by atoms with Crippen LogP contribution < -0.4 is 0 Å². The van der Waals surface area contributed by atoms with Crippen LogP contribution in [0.2, 0.25) is 10.0 Å². The molecule has 23 heavy (non-hydrogen) atoms. The zero-order chi connectivity index (χ0) is 16.4. The van der Waals surface area contributed by atoms with Crippen LogP contribution in [0.15, 0.2) is 48.5 Å². The van der Waals surface area contributed by atoms with Crippen molar-refractivity contribution >= 4 is 40.5 Å². The van der Waals surface area contributed by atoms with E-state index >= 15 is 0 Å². The first-order chi connectivity index (χ1) is 11.0. The molecule has 1 N–H and O–H groups in total. The Hall–Kier alpha value is -1.88. The van der Waals surface area contributed by atoms with Crippen molar-refractivity contribution in [1.82, 2.24) is 4.98 Å². The molecule has 1 heterocycles. The minimum absolute atomic E-state index is 0.0763. The molecule has 0 fully saturated rings. The maximum atomic E-state index is 11.1. The van der Waals surface area contributed by atoms with E-state index in [1.165, 1.54) is 11.3 Å². The van der Waals surface area contributed by atoms with Crippen LogP contribution in [0.5, 0.6) is 0 Å². The minimum atomic E-state index is -0.889. The van der Waals surface area contributed by atoms with Gasteiger partial charge in [-0.3, -0.25) is 4.79 Å². The summed E-state index contributed by atoms with van der Waals surface area (Å²) in [4.78, 5) is 16.5. The summed E-state index contributed by atoms with van der Waals surface area (Å²) in [6, 6.07) is 14.7.